The normalized spacial score (nSPS) is 9.92. The van der Waals surface area contributed by atoms with Crippen molar-refractivity contribution in [2.45, 2.75) is 0 Å². The van der Waals surface area contributed by atoms with Gasteiger partial charge in [0.25, 0.3) is 5.91 Å². The zero-order chi connectivity index (χ0) is 18.4. The summed E-state index contributed by atoms with van der Waals surface area (Å²) in [5, 5.41) is 2.69. The van der Waals surface area contributed by atoms with Crippen LogP contribution in [0, 0.1) is 0 Å². The van der Waals surface area contributed by atoms with Crippen LogP contribution in [0.5, 0.6) is 17.2 Å². The molecule has 0 spiro atoms. The van der Waals surface area contributed by atoms with Crippen LogP contribution >= 0.6 is 0 Å². The summed E-state index contributed by atoms with van der Waals surface area (Å²) in [5.41, 5.74) is 0.745. The summed E-state index contributed by atoms with van der Waals surface area (Å²) in [6, 6.07) is 9.69. The van der Waals surface area contributed by atoms with Crippen molar-refractivity contribution in [1.29, 1.82) is 0 Å². The predicted molar refractivity (Wildman–Crippen MR) is 91.8 cm³/mol. The van der Waals surface area contributed by atoms with Gasteiger partial charge in [0.15, 0.2) is 0 Å². The number of nitrogens with one attached hydrogen (secondary N) is 1. The summed E-state index contributed by atoms with van der Waals surface area (Å²) >= 11 is 0. The van der Waals surface area contributed by atoms with Crippen molar-refractivity contribution < 1.29 is 28.5 Å². The van der Waals surface area contributed by atoms with Gasteiger partial charge in [0, 0.05) is 12.1 Å². The Morgan fingerprint density at radius 3 is 2.00 bits per heavy atom. The monoisotopic (exact) mass is 345 g/mol. The number of carbonyl (C=O) groups is 2. The third-order valence-corrected chi connectivity index (χ3v) is 3.52. The van der Waals surface area contributed by atoms with E-state index in [1.54, 1.807) is 36.4 Å². The fourth-order valence-corrected chi connectivity index (χ4v) is 2.29. The molecule has 0 saturated carbocycles. The molecule has 0 radical (unpaired) electrons. The molecule has 0 atom stereocenters. The highest BCUT2D eigenvalue weighted by Gasteiger charge is 2.22. The number of esters is 1. The second-order valence-electron chi connectivity index (χ2n) is 4.90. The number of methoxy groups -OCH3 is 4. The van der Waals surface area contributed by atoms with Crippen LogP contribution in [0.1, 0.15) is 20.7 Å². The first-order chi connectivity index (χ1) is 12.0. The van der Waals surface area contributed by atoms with Crippen molar-refractivity contribution in [2.75, 3.05) is 33.8 Å². The molecule has 0 fully saturated rings. The van der Waals surface area contributed by atoms with Crippen LogP contribution in [-0.2, 0) is 4.74 Å². The highest BCUT2D eigenvalue weighted by Crippen LogP contribution is 2.34. The lowest BCUT2D eigenvalue weighted by molar-refractivity contribution is 0.0602. The van der Waals surface area contributed by atoms with Gasteiger partial charge in [-0.3, -0.25) is 4.79 Å². The zero-order valence-corrected chi connectivity index (χ0v) is 14.4. The third-order valence-electron chi connectivity index (χ3n) is 3.52. The molecule has 0 aliphatic heterocycles. The van der Waals surface area contributed by atoms with E-state index in [-0.39, 0.29) is 22.6 Å². The number of benzene rings is 2. The van der Waals surface area contributed by atoms with Crippen LogP contribution in [-0.4, -0.2) is 40.3 Å². The molecule has 0 heterocycles. The second-order valence-corrected chi connectivity index (χ2v) is 4.90. The van der Waals surface area contributed by atoms with Gasteiger partial charge in [-0.05, 0) is 12.1 Å². The summed E-state index contributed by atoms with van der Waals surface area (Å²) < 4.78 is 20.4. The Hall–Kier alpha value is -3.22. The van der Waals surface area contributed by atoms with Crippen LogP contribution in [0.15, 0.2) is 36.4 Å². The van der Waals surface area contributed by atoms with Crippen molar-refractivity contribution in [1.82, 2.24) is 0 Å². The Kier molecular flexibility index (Phi) is 5.84. The Morgan fingerprint density at radius 2 is 1.48 bits per heavy atom. The van der Waals surface area contributed by atoms with Crippen LogP contribution in [0.4, 0.5) is 5.69 Å². The lowest BCUT2D eigenvalue weighted by Crippen LogP contribution is -2.17. The lowest BCUT2D eigenvalue weighted by atomic mass is 10.1. The molecule has 132 valence electrons. The number of amides is 1. The van der Waals surface area contributed by atoms with Crippen LogP contribution in [0.3, 0.4) is 0 Å². The Labute approximate surface area is 145 Å². The molecule has 0 aromatic heterocycles. The number of hydrogen-bond donors (Lipinski definition) is 1. The number of rotatable bonds is 6. The summed E-state index contributed by atoms with van der Waals surface area (Å²) in [7, 11) is 5.65. The number of anilines is 1. The first-order valence-corrected chi connectivity index (χ1v) is 7.34. The molecule has 0 bridgehead atoms. The first-order valence-electron chi connectivity index (χ1n) is 7.34. The number of para-hydroxylation sites is 1. The summed E-state index contributed by atoms with van der Waals surface area (Å²) in [4.78, 5) is 24.6. The summed E-state index contributed by atoms with van der Waals surface area (Å²) in [6.45, 7) is 0. The fraction of sp³-hybridized carbons (Fsp3) is 0.222. The van der Waals surface area contributed by atoms with Crippen LogP contribution in [0.25, 0.3) is 0 Å². The number of hydrogen-bond acceptors (Lipinski definition) is 6. The highest BCUT2D eigenvalue weighted by atomic mass is 16.5. The molecular formula is C18H19NO6. The molecule has 7 nitrogen and oxygen atoms in total. The highest BCUT2D eigenvalue weighted by molar-refractivity contribution is 6.11. The number of carbonyl (C=O) groups excluding carboxylic acids is 2. The van der Waals surface area contributed by atoms with Gasteiger partial charge in [0.05, 0.1) is 39.7 Å². The molecule has 2 rings (SSSR count). The SMILES string of the molecule is COC(=O)c1ccccc1NC(=O)c1c(OC)cc(OC)cc1OC. The third kappa shape index (κ3) is 3.82. The van der Waals surface area contributed by atoms with E-state index in [1.807, 2.05) is 0 Å². The predicted octanol–water partition coefficient (Wildman–Crippen LogP) is 2.75. The maximum Gasteiger partial charge on any atom is 0.339 e. The average Bonchev–Trinajstić information content (AvgIpc) is 2.66. The molecular weight excluding hydrogens is 326 g/mol. The maximum absolute atomic E-state index is 12.8. The van der Waals surface area contributed by atoms with E-state index in [4.69, 9.17) is 18.9 Å². The van der Waals surface area contributed by atoms with Gasteiger partial charge in [-0.15, -0.1) is 0 Å². The molecule has 0 aliphatic rings. The van der Waals surface area contributed by atoms with E-state index in [0.717, 1.165) is 0 Å². The quantitative estimate of drug-likeness (QED) is 0.811. The minimum Gasteiger partial charge on any atom is -0.496 e. The zero-order valence-electron chi connectivity index (χ0n) is 14.4. The molecule has 0 saturated heterocycles. The molecule has 0 aliphatic carbocycles. The van der Waals surface area contributed by atoms with Gasteiger partial charge < -0.3 is 24.3 Å². The molecule has 2 aromatic rings. The lowest BCUT2D eigenvalue weighted by Gasteiger charge is -2.15. The molecule has 7 heteroatoms. The molecule has 1 N–H and O–H groups in total. The molecule has 0 unspecified atom stereocenters. The first kappa shape index (κ1) is 18.1. The molecule has 1 amide bonds. The maximum atomic E-state index is 12.8. The van der Waals surface area contributed by atoms with Crippen LogP contribution in [0.2, 0.25) is 0 Å². The molecule has 2 aromatic carbocycles. The van der Waals surface area contributed by atoms with Gasteiger partial charge >= 0.3 is 5.97 Å². The van der Waals surface area contributed by atoms with Gasteiger partial charge in [0.1, 0.15) is 22.8 Å². The summed E-state index contributed by atoms with van der Waals surface area (Å²) in [5.74, 6) is 0.00553. The molecule has 25 heavy (non-hydrogen) atoms. The topological polar surface area (TPSA) is 83.1 Å². The van der Waals surface area contributed by atoms with Gasteiger partial charge in [-0.25, -0.2) is 4.79 Å². The van der Waals surface area contributed by atoms with Crippen LogP contribution < -0.4 is 19.5 Å². The van der Waals surface area contributed by atoms with E-state index >= 15 is 0 Å². The fourth-order valence-electron chi connectivity index (χ4n) is 2.29. The van der Waals surface area contributed by atoms with Gasteiger partial charge in [0.2, 0.25) is 0 Å². The minimum atomic E-state index is -0.551. The van der Waals surface area contributed by atoms with Gasteiger partial charge in [-0.2, -0.15) is 0 Å². The Balaban J connectivity index is 2.44. The van der Waals surface area contributed by atoms with E-state index in [9.17, 15) is 9.59 Å². The van der Waals surface area contributed by atoms with E-state index in [1.165, 1.54) is 28.4 Å². The Bertz CT molecular complexity index is 762. The smallest absolute Gasteiger partial charge is 0.339 e. The van der Waals surface area contributed by atoms with Crippen molar-refractivity contribution in [2.24, 2.45) is 0 Å². The van der Waals surface area contributed by atoms with Crippen molar-refractivity contribution >= 4 is 17.6 Å². The van der Waals surface area contributed by atoms with Gasteiger partial charge in [-0.1, -0.05) is 12.1 Å². The van der Waals surface area contributed by atoms with Crippen molar-refractivity contribution in [3.05, 3.63) is 47.5 Å². The van der Waals surface area contributed by atoms with E-state index in [0.29, 0.717) is 11.4 Å². The average molecular weight is 345 g/mol. The number of ether oxygens (including phenoxy) is 4. The standard InChI is InChI=1S/C18H19NO6/c1-22-11-9-14(23-2)16(15(10-11)24-3)17(20)19-13-8-6-5-7-12(13)18(21)25-4/h5-10H,1-4H3,(H,19,20). The Morgan fingerprint density at radius 1 is 0.880 bits per heavy atom. The largest absolute Gasteiger partial charge is 0.496 e. The summed E-state index contributed by atoms with van der Waals surface area (Å²) in [6.07, 6.45) is 0. The van der Waals surface area contributed by atoms with Crippen molar-refractivity contribution in [3.8, 4) is 17.2 Å². The second kappa shape index (κ2) is 8.05. The van der Waals surface area contributed by atoms with Crippen molar-refractivity contribution in [3.63, 3.8) is 0 Å². The van der Waals surface area contributed by atoms with E-state index in [2.05, 4.69) is 5.32 Å². The minimum absolute atomic E-state index is 0.186. The van der Waals surface area contributed by atoms with E-state index < -0.39 is 11.9 Å².